The lowest BCUT2D eigenvalue weighted by Gasteiger charge is -2.40. The highest BCUT2D eigenvalue weighted by molar-refractivity contribution is 5.84. The Morgan fingerprint density at radius 1 is 1.24 bits per heavy atom. The third-order valence-electron chi connectivity index (χ3n) is 5.24. The minimum atomic E-state index is -0.945. The van der Waals surface area contributed by atoms with Gasteiger partial charge in [0.25, 0.3) is 5.88 Å². The molecule has 4 rings (SSSR count). The summed E-state index contributed by atoms with van der Waals surface area (Å²) in [6, 6.07) is 1.88. The number of likely N-dealkylation sites (tertiary alicyclic amines) is 1. The quantitative estimate of drug-likeness (QED) is 0.492. The Bertz CT molecular complexity index is 1160. The molecule has 1 saturated heterocycles. The first-order valence-corrected chi connectivity index (χ1v) is 10.1. The van der Waals surface area contributed by atoms with Crippen LogP contribution in [0.3, 0.4) is 0 Å². The van der Waals surface area contributed by atoms with Gasteiger partial charge in [-0.3, -0.25) is 0 Å². The van der Waals surface area contributed by atoms with Crippen molar-refractivity contribution in [3.05, 3.63) is 59.1 Å². The predicted octanol–water partition coefficient (Wildman–Crippen LogP) is 3.02. The highest BCUT2D eigenvalue weighted by atomic mass is 19.1. The van der Waals surface area contributed by atoms with Gasteiger partial charge in [0.15, 0.2) is 11.7 Å². The van der Waals surface area contributed by atoms with E-state index in [1.54, 1.807) is 0 Å². The van der Waals surface area contributed by atoms with Crippen molar-refractivity contribution in [1.82, 2.24) is 25.2 Å². The number of aromatic nitrogens is 2. The van der Waals surface area contributed by atoms with Gasteiger partial charge in [0.1, 0.15) is 23.4 Å². The maximum absolute atomic E-state index is 14.2. The van der Waals surface area contributed by atoms with Crippen molar-refractivity contribution in [1.29, 1.82) is 5.41 Å². The molecule has 178 valence electrons. The number of benzene rings is 1. The fraction of sp³-hybridized carbons (Fsp3) is 0.286. The van der Waals surface area contributed by atoms with Crippen LogP contribution in [0.25, 0.3) is 5.70 Å². The molecule has 3 heterocycles. The van der Waals surface area contributed by atoms with E-state index in [2.05, 4.69) is 20.4 Å². The molecule has 2 N–H and O–H groups in total. The first kappa shape index (κ1) is 23.1. The van der Waals surface area contributed by atoms with Crippen molar-refractivity contribution in [2.45, 2.75) is 18.6 Å². The number of urea groups is 1. The van der Waals surface area contributed by atoms with Crippen LogP contribution in [0.4, 0.5) is 22.4 Å². The van der Waals surface area contributed by atoms with Crippen LogP contribution in [0, 0.1) is 22.9 Å². The lowest BCUT2D eigenvalue weighted by molar-refractivity contribution is 0.0228. The average Bonchev–Trinajstić information content (AvgIpc) is 3.27. The average molecular weight is 477 g/mol. The van der Waals surface area contributed by atoms with Gasteiger partial charge >= 0.3 is 6.03 Å². The molecule has 13 heteroatoms. The number of nitrogens with zero attached hydrogens (tertiary/aromatic N) is 5. The Morgan fingerprint density at radius 2 is 1.94 bits per heavy atom. The van der Waals surface area contributed by atoms with Gasteiger partial charge in [-0.05, 0) is 17.7 Å². The zero-order valence-electron chi connectivity index (χ0n) is 17.8. The standard InChI is InChI=1S/C21H19F4N7O2/c1-27-18(15(24)7-26)19-28-8-16(25)20(30-19)34-14-9-31(10-14)21(33)32-17(2-3-29-32)11-4-12(22)6-13(23)5-11/h3-8,14,17,26-27H,2,9-10H2,1H3/b18-15+,26-7?/t17-/m0/s1. The highest BCUT2D eigenvalue weighted by Gasteiger charge is 2.39. The number of halogens is 4. The smallest absolute Gasteiger partial charge is 0.341 e. The van der Waals surface area contributed by atoms with Crippen LogP contribution in [0.5, 0.6) is 5.88 Å². The molecule has 34 heavy (non-hydrogen) atoms. The Balaban J connectivity index is 1.42. The molecule has 2 amide bonds. The number of carbonyl (C=O) groups is 1. The topological polar surface area (TPSA) is 107 Å². The number of rotatable bonds is 6. The SMILES string of the molecule is CN/C(=C(/F)C=N)c1ncc(F)c(OC2CN(C(=O)N3N=CC[C@H]3c3cc(F)cc(F)c3)C2)n1. The summed E-state index contributed by atoms with van der Waals surface area (Å²) in [4.78, 5) is 21.8. The van der Waals surface area contributed by atoms with Crippen LogP contribution in [0.15, 0.2) is 35.3 Å². The molecule has 0 radical (unpaired) electrons. The molecule has 2 aliphatic rings. The number of hydrazone groups is 1. The summed E-state index contributed by atoms with van der Waals surface area (Å²) in [5.41, 5.74) is 0.0646. The third-order valence-corrected chi connectivity index (χ3v) is 5.24. The molecule has 2 aliphatic heterocycles. The first-order valence-electron chi connectivity index (χ1n) is 10.1. The Kier molecular flexibility index (Phi) is 6.43. The second kappa shape index (κ2) is 9.45. The van der Waals surface area contributed by atoms with E-state index >= 15 is 0 Å². The monoisotopic (exact) mass is 477 g/mol. The van der Waals surface area contributed by atoms with E-state index in [1.807, 2.05) is 0 Å². The fourth-order valence-electron chi connectivity index (χ4n) is 3.58. The van der Waals surface area contributed by atoms with E-state index in [9.17, 15) is 22.4 Å². The van der Waals surface area contributed by atoms with E-state index in [0.717, 1.165) is 29.4 Å². The zero-order chi connectivity index (χ0) is 24.4. The summed E-state index contributed by atoms with van der Waals surface area (Å²) in [5, 5.41) is 14.7. The largest absolute Gasteiger partial charge is 0.468 e. The molecule has 2 aromatic rings. The van der Waals surface area contributed by atoms with E-state index in [1.165, 1.54) is 18.2 Å². The normalized spacial score (nSPS) is 18.4. The van der Waals surface area contributed by atoms with Gasteiger partial charge < -0.3 is 20.4 Å². The highest BCUT2D eigenvalue weighted by Crippen LogP contribution is 2.31. The lowest BCUT2D eigenvalue weighted by atomic mass is 10.0. The number of amides is 2. The number of hydrogen-bond donors (Lipinski definition) is 2. The van der Waals surface area contributed by atoms with Gasteiger partial charge in [0.05, 0.1) is 31.5 Å². The minimum absolute atomic E-state index is 0.0808. The third kappa shape index (κ3) is 4.54. The van der Waals surface area contributed by atoms with E-state index < -0.39 is 47.3 Å². The van der Waals surface area contributed by atoms with Gasteiger partial charge in [-0.1, -0.05) is 0 Å². The van der Waals surface area contributed by atoms with Crippen molar-refractivity contribution in [2.24, 2.45) is 5.10 Å². The van der Waals surface area contributed by atoms with Crippen molar-refractivity contribution in [3.8, 4) is 5.88 Å². The van der Waals surface area contributed by atoms with E-state index in [0.29, 0.717) is 12.6 Å². The summed E-state index contributed by atoms with van der Waals surface area (Å²) < 4.78 is 60.7. The van der Waals surface area contributed by atoms with Crippen LogP contribution >= 0.6 is 0 Å². The minimum Gasteiger partial charge on any atom is -0.468 e. The van der Waals surface area contributed by atoms with Crippen molar-refractivity contribution < 1.29 is 27.1 Å². The van der Waals surface area contributed by atoms with Crippen LogP contribution in [-0.4, -0.2) is 64.6 Å². The second-order valence-electron chi connectivity index (χ2n) is 7.49. The molecule has 0 spiro atoms. The van der Waals surface area contributed by atoms with Gasteiger partial charge in [-0.25, -0.2) is 28.0 Å². The molecular formula is C21H19F4N7O2. The summed E-state index contributed by atoms with van der Waals surface area (Å²) in [7, 11) is 1.40. The molecule has 0 bridgehead atoms. The molecule has 1 atom stereocenters. The van der Waals surface area contributed by atoms with Crippen molar-refractivity contribution in [2.75, 3.05) is 20.1 Å². The van der Waals surface area contributed by atoms with Crippen LogP contribution < -0.4 is 10.1 Å². The molecule has 0 saturated carbocycles. The van der Waals surface area contributed by atoms with Crippen LogP contribution in [0.1, 0.15) is 23.9 Å². The van der Waals surface area contributed by atoms with Crippen LogP contribution in [0.2, 0.25) is 0 Å². The Labute approximate surface area is 191 Å². The summed E-state index contributed by atoms with van der Waals surface area (Å²) in [5.74, 6) is -3.97. The van der Waals surface area contributed by atoms with Gasteiger partial charge in [-0.15, -0.1) is 0 Å². The van der Waals surface area contributed by atoms with E-state index in [4.69, 9.17) is 10.1 Å². The fourth-order valence-corrected chi connectivity index (χ4v) is 3.58. The molecular weight excluding hydrogens is 458 g/mol. The number of hydrogen-bond acceptors (Lipinski definition) is 7. The number of nitrogens with one attached hydrogen (secondary N) is 2. The zero-order valence-corrected chi connectivity index (χ0v) is 17.8. The maximum Gasteiger partial charge on any atom is 0.341 e. The Morgan fingerprint density at radius 3 is 2.59 bits per heavy atom. The number of allylic oxidation sites excluding steroid dienone is 1. The number of ether oxygens (including phenoxy) is 1. The van der Waals surface area contributed by atoms with Crippen molar-refractivity contribution >= 4 is 24.2 Å². The predicted molar refractivity (Wildman–Crippen MR) is 113 cm³/mol. The lowest BCUT2D eigenvalue weighted by Crippen LogP contribution is -2.59. The Hall–Kier alpha value is -4.03. The summed E-state index contributed by atoms with van der Waals surface area (Å²) >= 11 is 0. The van der Waals surface area contributed by atoms with Crippen molar-refractivity contribution in [3.63, 3.8) is 0 Å². The van der Waals surface area contributed by atoms with Crippen LogP contribution in [-0.2, 0) is 0 Å². The molecule has 0 aliphatic carbocycles. The van der Waals surface area contributed by atoms with Gasteiger partial charge in [-0.2, -0.15) is 14.5 Å². The van der Waals surface area contributed by atoms with E-state index in [-0.39, 0.29) is 30.2 Å². The van der Waals surface area contributed by atoms with Gasteiger partial charge in [0.2, 0.25) is 5.82 Å². The molecule has 0 unspecified atom stereocenters. The van der Waals surface area contributed by atoms with Gasteiger partial charge in [0, 0.05) is 25.7 Å². The maximum atomic E-state index is 14.2. The molecule has 1 aromatic heterocycles. The molecule has 1 aromatic carbocycles. The molecule has 9 nitrogen and oxygen atoms in total. The first-order chi connectivity index (χ1) is 16.3. The second-order valence-corrected chi connectivity index (χ2v) is 7.49. The summed E-state index contributed by atoms with van der Waals surface area (Å²) in [6.07, 6.45) is 2.45. The summed E-state index contributed by atoms with van der Waals surface area (Å²) in [6.45, 7) is 0.162. The molecule has 1 fully saturated rings. The number of carbonyl (C=O) groups excluding carboxylic acids is 1.